The molecule has 4 aromatic rings. The lowest BCUT2D eigenvalue weighted by Crippen LogP contribution is -2.20. The van der Waals surface area contributed by atoms with E-state index in [2.05, 4.69) is 5.32 Å². The Morgan fingerprint density at radius 1 is 0.971 bits per heavy atom. The minimum atomic E-state index is -0.428. The number of rotatable bonds is 8. The second-order valence-corrected chi connectivity index (χ2v) is 7.87. The molecule has 0 aliphatic rings. The average Bonchev–Trinajstić information content (AvgIpc) is 2.83. The van der Waals surface area contributed by atoms with Gasteiger partial charge in [0, 0.05) is 11.1 Å². The number of benzene rings is 3. The van der Waals surface area contributed by atoms with Crippen molar-refractivity contribution in [1.29, 1.82) is 0 Å². The number of fused-ring (bicyclic) bond motifs is 1. The van der Waals surface area contributed by atoms with Crippen LogP contribution in [-0.4, -0.2) is 19.1 Å². The highest BCUT2D eigenvalue weighted by Crippen LogP contribution is 2.31. The van der Waals surface area contributed by atoms with Gasteiger partial charge in [0.1, 0.15) is 17.6 Å². The molecular formula is C25H19Cl2NO6. The van der Waals surface area contributed by atoms with E-state index >= 15 is 0 Å². The number of hydrogen-bond acceptors (Lipinski definition) is 6. The predicted molar refractivity (Wildman–Crippen MR) is 131 cm³/mol. The van der Waals surface area contributed by atoms with Crippen LogP contribution in [0.5, 0.6) is 23.0 Å². The molecule has 0 bridgehead atoms. The fourth-order valence-corrected chi connectivity index (χ4v) is 3.44. The van der Waals surface area contributed by atoms with Crippen molar-refractivity contribution < 1.29 is 23.4 Å². The van der Waals surface area contributed by atoms with E-state index in [1.165, 1.54) is 12.3 Å². The van der Waals surface area contributed by atoms with Gasteiger partial charge in [0.2, 0.25) is 11.2 Å². The first-order chi connectivity index (χ1) is 16.4. The van der Waals surface area contributed by atoms with Crippen LogP contribution >= 0.6 is 23.2 Å². The van der Waals surface area contributed by atoms with Gasteiger partial charge in [-0.1, -0.05) is 35.3 Å². The van der Waals surface area contributed by atoms with Crippen molar-refractivity contribution in [3.63, 3.8) is 0 Å². The number of anilines is 1. The third kappa shape index (κ3) is 5.44. The summed E-state index contributed by atoms with van der Waals surface area (Å²) in [5.41, 5.74) is 0.310. The fraction of sp³-hybridized carbons (Fsp3) is 0.120. The Bertz CT molecular complexity index is 1400. The molecule has 0 radical (unpaired) electrons. The molecular weight excluding hydrogens is 481 g/mol. The summed E-state index contributed by atoms with van der Waals surface area (Å²) in [5.74, 6) is 0.860. The van der Waals surface area contributed by atoms with Crippen LogP contribution in [-0.2, 0) is 4.79 Å². The summed E-state index contributed by atoms with van der Waals surface area (Å²) in [6.45, 7) is 2.03. The molecule has 0 unspecified atom stereocenters. The van der Waals surface area contributed by atoms with E-state index in [1.54, 1.807) is 48.5 Å². The van der Waals surface area contributed by atoms with Gasteiger partial charge in [0.15, 0.2) is 18.1 Å². The van der Waals surface area contributed by atoms with Gasteiger partial charge in [-0.05, 0) is 49.4 Å². The smallest absolute Gasteiger partial charge is 0.262 e. The summed E-state index contributed by atoms with van der Waals surface area (Å²) in [4.78, 5) is 25.1. The lowest BCUT2D eigenvalue weighted by molar-refractivity contribution is -0.118. The van der Waals surface area contributed by atoms with Gasteiger partial charge in [-0.15, -0.1) is 0 Å². The minimum Gasteiger partial charge on any atom is -0.490 e. The number of carbonyl (C=O) groups excluding carboxylic acids is 1. The first-order valence-corrected chi connectivity index (χ1v) is 11.0. The zero-order valence-electron chi connectivity index (χ0n) is 18.0. The highest BCUT2D eigenvalue weighted by atomic mass is 35.5. The molecule has 7 nitrogen and oxygen atoms in total. The van der Waals surface area contributed by atoms with Gasteiger partial charge in [0.05, 0.1) is 22.7 Å². The number of ether oxygens (including phenoxy) is 3. The zero-order chi connectivity index (χ0) is 24.1. The van der Waals surface area contributed by atoms with Gasteiger partial charge in [-0.2, -0.15) is 0 Å². The maximum absolute atomic E-state index is 12.9. The quantitative estimate of drug-likeness (QED) is 0.305. The summed E-state index contributed by atoms with van der Waals surface area (Å²) in [6, 6.07) is 16.4. The monoisotopic (exact) mass is 499 g/mol. The average molecular weight is 500 g/mol. The number of carbonyl (C=O) groups is 1. The molecule has 1 heterocycles. The van der Waals surface area contributed by atoms with E-state index in [1.807, 2.05) is 13.0 Å². The van der Waals surface area contributed by atoms with Crippen LogP contribution in [0.3, 0.4) is 0 Å². The molecule has 0 saturated carbocycles. The number of amides is 1. The third-order valence-electron chi connectivity index (χ3n) is 4.66. The van der Waals surface area contributed by atoms with Crippen molar-refractivity contribution in [3.8, 4) is 23.0 Å². The van der Waals surface area contributed by atoms with Crippen molar-refractivity contribution in [2.45, 2.75) is 6.92 Å². The summed E-state index contributed by atoms with van der Waals surface area (Å²) in [5, 5.41) is 3.72. The molecule has 0 saturated heterocycles. The van der Waals surface area contributed by atoms with Crippen LogP contribution in [0.4, 0.5) is 5.69 Å². The maximum Gasteiger partial charge on any atom is 0.262 e. The van der Waals surface area contributed by atoms with E-state index in [9.17, 15) is 9.59 Å². The molecule has 4 rings (SSSR count). The molecule has 0 aliphatic carbocycles. The number of hydrogen-bond donors (Lipinski definition) is 1. The second-order valence-electron chi connectivity index (χ2n) is 7.03. The molecule has 174 valence electrons. The van der Waals surface area contributed by atoms with E-state index in [-0.39, 0.29) is 23.4 Å². The van der Waals surface area contributed by atoms with E-state index in [0.29, 0.717) is 45.0 Å². The predicted octanol–water partition coefficient (Wildman–Crippen LogP) is 6.31. The molecule has 0 spiro atoms. The van der Waals surface area contributed by atoms with Crippen molar-refractivity contribution >= 4 is 45.8 Å². The Morgan fingerprint density at radius 2 is 1.76 bits per heavy atom. The Balaban J connectivity index is 1.47. The lowest BCUT2D eigenvalue weighted by atomic mass is 10.2. The highest BCUT2D eigenvalue weighted by molar-refractivity contribution is 6.35. The van der Waals surface area contributed by atoms with Gasteiger partial charge >= 0.3 is 0 Å². The Hall–Kier alpha value is -3.68. The number of halogens is 2. The van der Waals surface area contributed by atoms with Crippen LogP contribution in [0.2, 0.25) is 10.0 Å². The molecule has 9 heteroatoms. The Morgan fingerprint density at radius 3 is 2.56 bits per heavy atom. The van der Waals surface area contributed by atoms with Crippen molar-refractivity contribution in [3.05, 3.63) is 87.2 Å². The van der Waals surface area contributed by atoms with Crippen LogP contribution < -0.4 is 25.0 Å². The molecule has 1 N–H and O–H groups in total. The van der Waals surface area contributed by atoms with Gasteiger partial charge in [0.25, 0.3) is 5.91 Å². The SMILES string of the molecule is CCOc1ccccc1Oc1coc2cc(OCC(=O)Nc3cc(Cl)ccc3Cl)ccc2c1=O. The first-order valence-electron chi connectivity index (χ1n) is 10.3. The number of nitrogens with one attached hydrogen (secondary N) is 1. The summed E-state index contributed by atoms with van der Waals surface area (Å²) in [6.07, 6.45) is 1.23. The van der Waals surface area contributed by atoms with E-state index in [4.69, 9.17) is 41.8 Å². The van der Waals surface area contributed by atoms with Gasteiger partial charge < -0.3 is 23.9 Å². The molecule has 1 aromatic heterocycles. The van der Waals surface area contributed by atoms with Gasteiger partial charge in [-0.3, -0.25) is 9.59 Å². The van der Waals surface area contributed by atoms with E-state index in [0.717, 1.165) is 0 Å². The van der Waals surface area contributed by atoms with Crippen molar-refractivity contribution in [2.24, 2.45) is 0 Å². The topological polar surface area (TPSA) is 87.0 Å². The summed E-state index contributed by atoms with van der Waals surface area (Å²) < 4.78 is 22.4. The van der Waals surface area contributed by atoms with Crippen LogP contribution in [0.1, 0.15) is 6.92 Å². The Labute approximate surface area is 204 Å². The van der Waals surface area contributed by atoms with Crippen LogP contribution in [0, 0.1) is 0 Å². The normalized spacial score (nSPS) is 10.7. The fourth-order valence-electron chi connectivity index (χ4n) is 3.11. The zero-order valence-corrected chi connectivity index (χ0v) is 19.5. The van der Waals surface area contributed by atoms with Crippen molar-refractivity contribution in [1.82, 2.24) is 0 Å². The minimum absolute atomic E-state index is 0.0195. The van der Waals surface area contributed by atoms with Gasteiger partial charge in [-0.25, -0.2) is 0 Å². The standard InChI is InChI=1S/C25H19Cl2NO6/c1-2-31-20-5-3-4-6-21(20)34-23-13-33-22-12-16(8-9-17(22)25(23)30)32-14-24(29)28-19-11-15(26)7-10-18(19)27/h3-13H,2,14H2,1H3,(H,28,29). The molecule has 0 fully saturated rings. The third-order valence-corrected chi connectivity index (χ3v) is 5.22. The number of para-hydroxylation sites is 2. The molecule has 3 aromatic carbocycles. The lowest BCUT2D eigenvalue weighted by Gasteiger charge is -2.11. The first kappa shape index (κ1) is 23.5. The molecule has 1 amide bonds. The largest absolute Gasteiger partial charge is 0.490 e. The Kier molecular flexibility index (Phi) is 7.25. The van der Waals surface area contributed by atoms with Crippen LogP contribution in [0.15, 0.2) is 76.1 Å². The maximum atomic E-state index is 12.9. The molecule has 0 atom stereocenters. The second kappa shape index (κ2) is 10.5. The molecule has 0 aliphatic heterocycles. The highest BCUT2D eigenvalue weighted by Gasteiger charge is 2.13. The summed E-state index contributed by atoms with van der Waals surface area (Å²) in [7, 11) is 0. The van der Waals surface area contributed by atoms with Crippen LogP contribution in [0.25, 0.3) is 11.0 Å². The summed E-state index contributed by atoms with van der Waals surface area (Å²) >= 11 is 12.0. The van der Waals surface area contributed by atoms with Crippen molar-refractivity contribution in [2.75, 3.05) is 18.5 Å². The van der Waals surface area contributed by atoms with E-state index < -0.39 is 5.91 Å². The molecule has 34 heavy (non-hydrogen) atoms.